The Morgan fingerprint density at radius 1 is 0.423 bits per heavy atom. The van der Waals surface area contributed by atoms with Gasteiger partial charge in [-0.3, -0.25) is 9.80 Å². The Morgan fingerprint density at radius 3 is 1.19 bits per heavy atom. The van der Waals surface area contributed by atoms with Crippen LogP contribution in [0.25, 0.3) is 0 Å². The van der Waals surface area contributed by atoms with Gasteiger partial charge in [0.05, 0.1) is 14.2 Å². The van der Waals surface area contributed by atoms with Crippen LogP contribution in [-0.2, 0) is 25.9 Å². The molecule has 2 aliphatic heterocycles. The molecule has 0 spiro atoms. The molecule has 52 heavy (non-hydrogen) atoms. The van der Waals surface area contributed by atoms with E-state index in [2.05, 4.69) is 60.0 Å². The van der Waals surface area contributed by atoms with Gasteiger partial charge in [-0.25, -0.2) is 0 Å². The first-order chi connectivity index (χ1) is 25.7. The minimum Gasteiger partial charge on any atom is -0.493 e. The second kappa shape index (κ2) is 29.3. The van der Waals surface area contributed by atoms with Gasteiger partial charge >= 0.3 is 0 Å². The van der Waals surface area contributed by atoms with Crippen LogP contribution in [0, 0.1) is 0 Å². The summed E-state index contributed by atoms with van der Waals surface area (Å²) in [6.45, 7) is 11.8. The van der Waals surface area contributed by atoms with Crippen LogP contribution < -0.4 is 9.47 Å². The Morgan fingerprint density at radius 2 is 0.769 bits per heavy atom. The van der Waals surface area contributed by atoms with Crippen molar-refractivity contribution in [2.45, 2.75) is 194 Å². The Kier molecular flexibility index (Phi) is 25.0. The van der Waals surface area contributed by atoms with Crippen molar-refractivity contribution >= 4 is 0 Å². The summed E-state index contributed by atoms with van der Waals surface area (Å²) >= 11 is 0. The largest absolute Gasteiger partial charge is 0.493 e. The molecular formula is C48H82N2O2. The van der Waals surface area contributed by atoms with E-state index in [0.717, 1.165) is 24.5 Å². The number of rotatable bonds is 28. The van der Waals surface area contributed by atoms with Gasteiger partial charge in [-0.15, -0.1) is 0 Å². The summed E-state index contributed by atoms with van der Waals surface area (Å²) in [5, 5.41) is 0. The summed E-state index contributed by atoms with van der Waals surface area (Å²) < 4.78 is 10.9. The van der Waals surface area contributed by atoms with Crippen molar-refractivity contribution in [1.82, 2.24) is 9.80 Å². The lowest BCUT2D eigenvalue weighted by Crippen LogP contribution is -2.31. The Labute approximate surface area is 322 Å². The molecule has 0 unspecified atom stereocenters. The van der Waals surface area contributed by atoms with E-state index in [4.69, 9.17) is 9.47 Å². The maximum Gasteiger partial charge on any atom is 0.161 e. The van der Waals surface area contributed by atoms with Gasteiger partial charge in [-0.2, -0.15) is 0 Å². The van der Waals surface area contributed by atoms with Crippen LogP contribution in [0.2, 0.25) is 0 Å². The molecule has 296 valence electrons. The average Bonchev–Trinajstić information content (AvgIpc) is 3.18. The van der Waals surface area contributed by atoms with Gasteiger partial charge in [-0.05, 0) is 73.2 Å². The fourth-order valence-electron chi connectivity index (χ4n) is 8.23. The normalized spacial score (nSPS) is 14.4. The first-order valence-corrected chi connectivity index (χ1v) is 22.4. The van der Waals surface area contributed by atoms with E-state index in [0.29, 0.717) is 0 Å². The molecule has 0 saturated heterocycles. The first kappa shape index (κ1) is 44.4. The van der Waals surface area contributed by atoms with Gasteiger partial charge in [-0.1, -0.05) is 179 Å². The standard InChI is InChI=1S/C29H51NO2.C19H31N/c1-4-5-6-7-8-9-10-11-12-13-14-15-16-17-18-19-21-30-22-20-26-23-28(31-2)29(32-3)24-27(26)25-30;1-2-3-4-5-6-7-8-11-15-20-16-14-18-12-9-10-13-19(18)17-20/h23-24H,4-22,25H2,1-3H3;9-10,12-13H,2-8,11,14-17H2,1H3. The fourth-order valence-corrected chi connectivity index (χ4v) is 8.23. The van der Waals surface area contributed by atoms with Crippen LogP contribution in [0.5, 0.6) is 11.5 Å². The molecule has 4 nitrogen and oxygen atoms in total. The zero-order valence-corrected chi connectivity index (χ0v) is 34.8. The summed E-state index contributed by atoms with van der Waals surface area (Å²) in [7, 11) is 3.44. The summed E-state index contributed by atoms with van der Waals surface area (Å²) in [6, 6.07) is 13.3. The van der Waals surface area contributed by atoms with Gasteiger partial charge in [0.2, 0.25) is 0 Å². The molecule has 0 bridgehead atoms. The molecule has 0 radical (unpaired) electrons. The topological polar surface area (TPSA) is 24.9 Å². The second-order valence-electron chi connectivity index (χ2n) is 16.1. The first-order valence-electron chi connectivity index (χ1n) is 22.4. The van der Waals surface area contributed by atoms with Crippen molar-refractivity contribution in [3.8, 4) is 11.5 Å². The molecule has 2 aliphatic rings. The van der Waals surface area contributed by atoms with Crippen LogP contribution >= 0.6 is 0 Å². The number of ether oxygens (including phenoxy) is 2. The van der Waals surface area contributed by atoms with E-state index in [-0.39, 0.29) is 0 Å². The van der Waals surface area contributed by atoms with Crippen LogP contribution in [0.4, 0.5) is 0 Å². The summed E-state index contributed by atoms with van der Waals surface area (Å²) in [5.74, 6) is 1.72. The van der Waals surface area contributed by atoms with Crippen molar-refractivity contribution in [1.29, 1.82) is 0 Å². The molecule has 4 rings (SSSR count). The molecule has 2 aromatic rings. The van der Waals surface area contributed by atoms with Gasteiger partial charge in [0.15, 0.2) is 11.5 Å². The number of hydrogen-bond donors (Lipinski definition) is 0. The lowest BCUT2D eigenvalue weighted by Gasteiger charge is -2.29. The molecule has 0 aliphatic carbocycles. The molecule has 0 aromatic heterocycles. The molecular weight excluding hydrogens is 637 g/mol. The predicted molar refractivity (Wildman–Crippen MR) is 226 cm³/mol. The van der Waals surface area contributed by atoms with Crippen molar-refractivity contribution in [3.05, 3.63) is 58.7 Å². The predicted octanol–water partition coefficient (Wildman–Crippen LogP) is 13.5. The van der Waals surface area contributed by atoms with Crippen LogP contribution in [0.15, 0.2) is 36.4 Å². The van der Waals surface area contributed by atoms with E-state index in [1.54, 1.807) is 25.3 Å². The number of hydrogen-bond acceptors (Lipinski definition) is 4. The molecule has 0 amide bonds. The minimum atomic E-state index is 0.857. The smallest absolute Gasteiger partial charge is 0.161 e. The molecule has 0 fully saturated rings. The molecule has 2 aromatic carbocycles. The number of fused-ring (bicyclic) bond motifs is 2. The van der Waals surface area contributed by atoms with Crippen molar-refractivity contribution < 1.29 is 9.47 Å². The maximum atomic E-state index is 5.49. The Hall–Kier alpha value is -2.04. The fraction of sp³-hybridized carbons (Fsp3) is 0.750. The number of methoxy groups -OCH3 is 2. The van der Waals surface area contributed by atoms with E-state index in [9.17, 15) is 0 Å². The third-order valence-corrected chi connectivity index (χ3v) is 11.7. The Balaban J connectivity index is 0.000000311. The van der Waals surface area contributed by atoms with Gasteiger partial charge in [0.25, 0.3) is 0 Å². The van der Waals surface area contributed by atoms with E-state index >= 15 is 0 Å². The molecule has 0 N–H and O–H groups in total. The van der Waals surface area contributed by atoms with Gasteiger partial charge < -0.3 is 9.47 Å². The van der Waals surface area contributed by atoms with Crippen LogP contribution in [0.1, 0.15) is 190 Å². The second-order valence-corrected chi connectivity index (χ2v) is 16.1. The quantitative estimate of drug-likeness (QED) is 0.0818. The van der Waals surface area contributed by atoms with Crippen LogP contribution in [0.3, 0.4) is 0 Å². The summed E-state index contributed by atoms with van der Waals surface area (Å²) in [4.78, 5) is 5.25. The summed E-state index contributed by atoms with van der Waals surface area (Å²) in [5.41, 5.74) is 5.95. The van der Waals surface area contributed by atoms with Crippen molar-refractivity contribution in [2.75, 3.05) is 40.4 Å². The third kappa shape index (κ3) is 18.8. The zero-order chi connectivity index (χ0) is 36.9. The van der Waals surface area contributed by atoms with E-state index in [1.165, 1.54) is 204 Å². The lowest BCUT2D eigenvalue weighted by atomic mass is 9.98. The number of unbranched alkanes of at least 4 members (excludes halogenated alkanes) is 22. The molecule has 0 saturated carbocycles. The number of nitrogens with zero attached hydrogens (tertiary/aromatic N) is 2. The zero-order valence-electron chi connectivity index (χ0n) is 34.8. The van der Waals surface area contributed by atoms with Crippen molar-refractivity contribution in [3.63, 3.8) is 0 Å². The molecule has 2 heterocycles. The number of benzene rings is 2. The molecule has 0 atom stereocenters. The Bertz CT molecular complexity index is 1150. The summed E-state index contributed by atoms with van der Waals surface area (Å²) in [6.07, 6.45) is 36.7. The van der Waals surface area contributed by atoms with E-state index in [1.807, 2.05) is 0 Å². The van der Waals surface area contributed by atoms with Gasteiger partial charge in [0.1, 0.15) is 0 Å². The highest BCUT2D eigenvalue weighted by Gasteiger charge is 2.19. The average molecular weight is 719 g/mol. The monoisotopic (exact) mass is 719 g/mol. The highest BCUT2D eigenvalue weighted by Crippen LogP contribution is 2.33. The third-order valence-electron chi connectivity index (χ3n) is 11.7. The molecule has 4 heteroatoms. The van der Waals surface area contributed by atoms with Crippen molar-refractivity contribution in [2.24, 2.45) is 0 Å². The van der Waals surface area contributed by atoms with Crippen LogP contribution in [-0.4, -0.2) is 50.2 Å². The maximum absolute atomic E-state index is 5.49. The highest BCUT2D eigenvalue weighted by molar-refractivity contribution is 5.48. The highest BCUT2D eigenvalue weighted by atomic mass is 16.5. The van der Waals surface area contributed by atoms with Gasteiger partial charge in [0, 0.05) is 26.2 Å². The lowest BCUT2D eigenvalue weighted by molar-refractivity contribution is 0.246. The van der Waals surface area contributed by atoms with E-state index < -0.39 is 0 Å². The minimum absolute atomic E-state index is 0.857. The SMILES string of the molecule is CCCCCCCCCCCCCCCCCCN1CCc2cc(OC)c(OC)cc2C1.CCCCCCCCCCN1CCc2ccccc2C1.